The van der Waals surface area contributed by atoms with Gasteiger partial charge in [0.25, 0.3) is 11.8 Å². The predicted molar refractivity (Wildman–Crippen MR) is 193 cm³/mol. The van der Waals surface area contributed by atoms with Gasteiger partial charge in [-0.25, -0.2) is 0 Å². The summed E-state index contributed by atoms with van der Waals surface area (Å²) in [7, 11) is 0. The maximum Gasteiger partial charge on any atom is 0.272 e. The molecule has 0 saturated carbocycles. The van der Waals surface area contributed by atoms with Crippen molar-refractivity contribution < 1.29 is 14.4 Å². The van der Waals surface area contributed by atoms with E-state index in [1.165, 1.54) is 17.8 Å². The molecule has 6 nitrogen and oxygen atoms in total. The molecule has 3 amide bonds. The molecule has 47 heavy (non-hydrogen) atoms. The Morgan fingerprint density at radius 2 is 1.30 bits per heavy atom. The normalized spacial score (nSPS) is 11.8. The molecule has 5 aromatic rings. The second-order valence-electron chi connectivity index (χ2n) is 10.4. The van der Waals surface area contributed by atoms with Gasteiger partial charge in [-0.15, -0.1) is 11.8 Å². The van der Waals surface area contributed by atoms with Crippen molar-refractivity contribution in [2.45, 2.75) is 23.5 Å². The summed E-state index contributed by atoms with van der Waals surface area (Å²) in [4.78, 5) is 43.3. The average Bonchev–Trinajstić information content (AvgIpc) is 3.10. The van der Waals surface area contributed by atoms with Gasteiger partial charge >= 0.3 is 0 Å². The molecule has 0 aromatic heterocycles. The lowest BCUT2D eigenvalue weighted by atomic mass is 10.1. The van der Waals surface area contributed by atoms with Gasteiger partial charge < -0.3 is 10.6 Å². The molecule has 0 aliphatic rings. The smallest absolute Gasteiger partial charge is 0.272 e. The average molecular weight is 681 g/mol. The number of hydrogen-bond acceptors (Lipinski definition) is 4. The van der Waals surface area contributed by atoms with Gasteiger partial charge in [-0.1, -0.05) is 96.9 Å². The van der Waals surface area contributed by atoms with Crippen molar-refractivity contribution in [2.24, 2.45) is 0 Å². The predicted octanol–water partition coefficient (Wildman–Crippen LogP) is 9.64. The van der Waals surface area contributed by atoms with E-state index in [-0.39, 0.29) is 11.6 Å². The van der Waals surface area contributed by atoms with Gasteiger partial charge in [-0.2, -0.15) is 0 Å². The van der Waals surface area contributed by atoms with Crippen molar-refractivity contribution in [3.63, 3.8) is 0 Å². The topological polar surface area (TPSA) is 78.5 Å². The number of halogens is 2. The number of nitrogens with one attached hydrogen (secondary N) is 2. The Bertz CT molecular complexity index is 1830. The van der Waals surface area contributed by atoms with E-state index < -0.39 is 17.1 Å². The van der Waals surface area contributed by atoms with Gasteiger partial charge in [0.15, 0.2) is 0 Å². The van der Waals surface area contributed by atoms with E-state index in [0.29, 0.717) is 33.3 Å². The Kier molecular flexibility index (Phi) is 11.5. The highest BCUT2D eigenvalue weighted by Gasteiger charge is 2.27. The van der Waals surface area contributed by atoms with E-state index in [1.54, 1.807) is 71.6 Å². The Morgan fingerprint density at radius 3 is 1.87 bits per heavy atom. The number of nitrogens with zero attached hydrogens (tertiary/aromatic N) is 1. The highest BCUT2D eigenvalue weighted by molar-refractivity contribution is 8.00. The maximum atomic E-state index is 14.0. The summed E-state index contributed by atoms with van der Waals surface area (Å²) in [6.45, 7) is 1.97. The monoisotopic (exact) mass is 679 g/mol. The largest absolute Gasteiger partial charge is 0.321 e. The number of hydrogen-bond donors (Lipinski definition) is 2. The van der Waals surface area contributed by atoms with Crippen molar-refractivity contribution in [3.05, 3.63) is 160 Å². The van der Waals surface area contributed by atoms with Crippen LogP contribution in [0.4, 0.5) is 17.1 Å². The van der Waals surface area contributed by atoms with Crippen LogP contribution in [-0.2, 0) is 9.59 Å². The summed E-state index contributed by atoms with van der Waals surface area (Å²) in [6, 6.07) is 39.9. The molecular formula is C38H31Cl2N3O3S. The Labute approximate surface area is 288 Å². The van der Waals surface area contributed by atoms with Crippen LogP contribution in [0.25, 0.3) is 6.08 Å². The fourth-order valence-corrected chi connectivity index (χ4v) is 6.32. The number of rotatable bonds is 11. The molecular weight excluding hydrogens is 649 g/mol. The zero-order valence-electron chi connectivity index (χ0n) is 25.4. The van der Waals surface area contributed by atoms with E-state index in [4.69, 9.17) is 23.2 Å². The Hall–Kier alpha value is -4.82. The van der Waals surface area contributed by atoms with Crippen LogP contribution < -0.4 is 15.5 Å². The quantitative estimate of drug-likeness (QED) is 0.108. The Morgan fingerprint density at radius 1 is 0.745 bits per heavy atom. The SMILES string of the molecule is CCC(Sc1cccc(NC(=O)/C(=C\c2c(Cl)cccc2Cl)NC(=O)c2ccccc2)c1)C(=O)N(c1ccccc1)c1ccccc1. The first-order valence-corrected chi connectivity index (χ1v) is 16.5. The van der Waals surface area contributed by atoms with Crippen molar-refractivity contribution in [2.75, 3.05) is 10.2 Å². The van der Waals surface area contributed by atoms with Crippen molar-refractivity contribution in [1.29, 1.82) is 0 Å². The first kappa shape index (κ1) is 33.5. The molecule has 0 heterocycles. The summed E-state index contributed by atoms with van der Waals surface area (Å²) < 4.78 is 0. The van der Waals surface area contributed by atoms with Crippen LogP contribution in [0.1, 0.15) is 29.3 Å². The molecule has 0 aliphatic carbocycles. The summed E-state index contributed by atoms with van der Waals surface area (Å²) in [6.07, 6.45) is 2.03. The first-order chi connectivity index (χ1) is 22.8. The molecule has 5 rings (SSSR count). The summed E-state index contributed by atoms with van der Waals surface area (Å²) in [5.74, 6) is -1.10. The van der Waals surface area contributed by atoms with Gasteiger partial charge in [0.05, 0.1) is 5.25 Å². The molecule has 0 saturated heterocycles. The van der Waals surface area contributed by atoms with E-state index in [0.717, 1.165) is 16.3 Å². The number of carbonyl (C=O) groups is 3. The third kappa shape index (κ3) is 8.71. The highest BCUT2D eigenvalue weighted by Crippen LogP contribution is 2.34. The lowest BCUT2D eigenvalue weighted by molar-refractivity contribution is -0.117. The summed E-state index contributed by atoms with van der Waals surface area (Å²) in [5, 5.41) is 5.82. The molecule has 0 spiro atoms. The maximum absolute atomic E-state index is 14.0. The summed E-state index contributed by atoms with van der Waals surface area (Å²) >= 11 is 14.2. The number of benzene rings is 5. The number of thioether (sulfide) groups is 1. The first-order valence-electron chi connectivity index (χ1n) is 14.9. The molecule has 2 N–H and O–H groups in total. The molecule has 0 fully saturated rings. The van der Waals surface area contributed by atoms with Crippen LogP contribution in [0, 0.1) is 0 Å². The number of para-hydroxylation sites is 2. The molecule has 236 valence electrons. The van der Waals surface area contributed by atoms with Crippen LogP contribution in [0.5, 0.6) is 0 Å². The van der Waals surface area contributed by atoms with Gasteiger partial charge in [0.2, 0.25) is 5.91 Å². The zero-order chi connectivity index (χ0) is 33.2. The standard InChI is InChI=1S/C38H31Cl2N3O3S/c1-2-35(38(46)43(28-17-8-4-9-18-28)29-19-10-5-11-20-29)47-30-21-12-16-27(24-30)41-37(45)34(25-31-32(39)22-13-23-33(31)40)42-36(44)26-14-6-3-7-15-26/h3-25,35H,2H2,1H3,(H,41,45)(H,42,44)/b34-25+. The molecule has 9 heteroatoms. The van der Waals surface area contributed by atoms with Crippen LogP contribution in [0.15, 0.2) is 144 Å². The minimum Gasteiger partial charge on any atom is -0.321 e. The lowest BCUT2D eigenvalue weighted by Gasteiger charge is -2.27. The lowest BCUT2D eigenvalue weighted by Crippen LogP contribution is -2.34. The third-order valence-electron chi connectivity index (χ3n) is 7.08. The van der Waals surface area contributed by atoms with Gasteiger partial charge in [0, 0.05) is 43.1 Å². The molecule has 1 unspecified atom stereocenters. The minimum absolute atomic E-state index is 0.0464. The van der Waals surface area contributed by atoms with Crippen LogP contribution in [0.2, 0.25) is 10.0 Å². The van der Waals surface area contributed by atoms with Gasteiger partial charge in [0.1, 0.15) is 5.70 Å². The number of amides is 3. The molecule has 0 radical (unpaired) electrons. The highest BCUT2D eigenvalue weighted by atomic mass is 35.5. The van der Waals surface area contributed by atoms with Gasteiger partial charge in [-0.05, 0) is 79.2 Å². The summed E-state index contributed by atoms with van der Waals surface area (Å²) in [5.41, 5.74) is 2.76. The number of carbonyl (C=O) groups excluding carboxylic acids is 3. The third-order valence-corrected chi connectivity index (χ3v) is 9.09. The van der Waals surface area contributed by atoms with E-state index in [1.807, 2.05) is 73.7 Å². The molecule has 0 bridgehead atoms. The van der Waals surface area contributed by atoms with E-state index >= 15 is 0 Å². The van der Waals surface area contributed by atoms with Crippen molar-refractivity contribution in [3.8, 4) is 0 Å². The van der Waals surface area contributed by atoms with Crippen molar-refractivity contribution >= 4 is 75.8 Å². The van der Waals surface area contributed by atoms with Gasteiger partial charge in [-0.3, -0.25) is 19.3 Å². The Balaban J connectivity index is 1.38. The van der Waals surface area contributed by atoms with E-state index in [2.05, 4.69) is 10.6 Å². The van der Waals surface area contributed by atoms with Crippen LogP contribution in [0.3, 0.4) is 0 Å². The molecule has 0 aliphatic heterocycles. The fourth-order valence-electron chi connectivity index (χ4n) is 4.76. The van der Waals surface area contributed by atoms with E-state index in [9.17, 15) is 14.4 Å². The second-order valence-corrected chi connectivity index (χ2v) is 12.4. The zero-order valence-corrected chi connectivity index (χ0v) is 27.7. The minimum atomic E-state index is -0.574. The van der Waals surface area contributed by atoms with Crippen molar-refractivity contribution in [1.82, 2.24) is 5.32 Å². The number of anilines is 3. The molecule has 1 atom stereocenters. The second kappa shape index (κ2) is 16.1. The van der Waals surface area contributed by atoms with Crippen LogP contribution >= 0.6 is 35.0 Å². The fraction of sp³-hybridized carbons (Fsp3) is 0.0789. The van der Waals surface area contributed by atoms with Crippen LogP contribution in [-0.4, -0.2) is 23.0 Å². The molecule has 5 aromatic carbocycles.